The van der Waals surface area contributed by atoms with E-state index in [9.17, 15) is 14.4 Å². The molecule has 1 saturated heterocycles. The van der Waals surface area contributed by atoms with Crippen LogP contribution in [0.1, 0.15) is 42.6 Å². The summed E-state index contributed by atoms with van der Waals surface area (Å²) in [5.74, 6) is -0.00639. The number of piperidine rings is 1. The largest absolute Gasteiger partial charge is 0.384 e. The molecular formula is C31H36N8O3. The number of hydrogen-bond acceptors (Lipinski definition) is 7. The first kappa shape index (κ1) is 28.7. The summed E-state index contributed by atoms with van der Waals surface area (Å²) < 4.78 is 1.70. The third-order valence-corrected chi connectivity index (χ3v) is 7.76. The quantitative estimate of drug-likeness (QED) is 0.218. The van der Waals surface area contributed by atoms with E-state index in [0.29, 0.717) is 41.4 Å². The number of hydrogen-bond donors (Lipinski definition) is 5. The van der Waals surface area contributed by atoms with Crippen molar-refractivity contribution in [3.63, 3.8) is 0 Å². The molecule has 1 aromatic carbocycles. The Bertz CT molecular complexity index is 1630. The summed E-state index contributed by atoms with van der Waals surface area (Å²) in [6.07, 6.45) is 5.32. The van der Waals surface area contributed by atoms with Crippen molar-refractivity contribution in [2.75, 3.05) is 24.1 Å². The molecule has 1 atom stereocenters. The predicted octanol–water partition coefficient (Wildman–Crippen LogP) is 3.50. The number of urea groups is 1. The van der Waals surface area contributed by atoms with Crippen molar-refractivity contribution >= 4 is 34.5 Å². The lowest BCUT2D eigenvalue weighted by Gasteiger charge is -2.29. The number of carbonyl (C=O) groups excluding carboxylic acids is 2. The van der Waals surface area contributed by atoms with Crippen LogP contribution in [0.15, 0.2) is 65.7 Å². The number of aromatic nitrogens is 3. The highest BCUT2D eigenvalue weighted by molar-refractivity contribution is 6.02. The maximum Gasteiger partial charge on any atom is 0.319 e. The van der Waals surface area contributed by atoms with Crippen LogP contribution in [0.25, 0.3) is 22.3 Å². The summed E-state index contributed by atoms with van der Waals surface area (Å²) in [6.45, 7) is 6.50. The fraction of sp³-hybridized carbons (Fsp3) is 0.323. The van der Waals surface area contributed by atoms with Crippen molar-refractivity contribution < 1.29 is 9.59 Å². The number of carbonyl (C=O) groups is 2. The standard InChI is InChI=1S/C31H36N8O3/c1-3-39-28(32)26(30(41)36-19(2)21-12-15-33-16-13-21)27(40)24-10-11-25(38-29(24)39)22-6-8-23(9-7-22)37-31(42)35-18-20-5-4-14-34-17-20/h4-11,14,17,19,21,33H,3,12-13,15-16,18,32H2,1-2H3,(H,36,41)(H2,35,37,42). The van der Waals surface area contributed by atoms with Gasteiger partial charge in [-0.25, -0.2) is 9.78 Å². The molecule has 0 spiro atoms. The molecule has 0 radical (unpaired) electrons. The van der Waals surface area contributed by atoms with Crippen LogP contribution < -0.4 is 32.4 Å². The molecule has 0 aliphatic carbocycles. The molecule has 42 heavy (non-hydrogen) atoms. The molecule has 1 unspecified atom stereocenters. The molecule has 6 N–H and O–H groups in total. The molecule has 1 aliphatic rings. The summed E-state index contributed by atoms with van der Waals surface area (Å²) in [7, 11) is 0. The number of fused-ring (bicyclic) bond motifs is 1. The zero-order valence-electron chi connectivity index (χ0n) is 23.8. The average molecular weight is 569 g/mol. The maximum atomic E-state index is 13.5. The van der Waals surface area contributed by atoms with Gasteiger partial charge in [-0.15, -0.1) is 0 Å². The van der Waals surface area contributed by atoms with Gasteiger partial charge < -0.3 is 31.6 Å². The number of rotatable bonds is 8. The molecule has 3 aromatic heterocycles. The van der Waals surface area contributed by atoms with Gasteiger partial charge in [-0.1, -0.05) is 18.2 Å². The normalized spacial score (nSPS) is 14.3. The molecule has 218 valence electrons. The summed E-state index contributed by atoms with van der Waals surface area (Å²) in [6, 6.07) is 14.0. The Hall–Kier alpha value is -4.77. The van der Waals surface area contributed by atoms with Crippen LogP contribution in [0.2, 0.25) is 0 Å². The SMILES string of the molecule is CCn1c(N)c(C(=O)NC(C)C2CCNCC2)c(=O)c2ccc(-c3ccc(NC(=O)NCc4cccnc4)cc3)nc21. The number of anilines is 2. The van der Waals surface area contributed by atoms with Gasteiger partial charge in [0.15, 0.2) is 0 Å². The van der Waals surface area contributed by atoms with Crippen molar-refractivity contribution in [3.05, 3.63) is 82.3 Å². The van der Waals surface area contributed by atoms with E-state index >= 15 is 0 Å². The summed E-state index contributed by atoms with van der Waals surface area (Å²) >= 11 is 0. The number of benzene rings is 1. The zero-order chi connectivity index (χ0) is 29.6. The fourth-order valence-electron chi connectivity index (χ4n) is 5.36. The van der Waals surface area contributed by atoms with Crippen LogP contribution in [0, 0.1) is 5.92 Å². The van der Waals surface area contributed by atoms with Gasteiger partial charge in [0.2, 0.25) is 5.43 Å². The Balaban J connectivity index is 1.34. The maximum absolute atomic E-state index is 13.5. The van der Waals surface area contributed by atoms with Crippen molar-refractivity contribution in [2.24, 2.45) is 5.92 Å². The van der Waals surface area contributed by atoms with Crippen molar-refractivity contribution in [1.29, 1.82) is 0 Å². The van der Waals surface area contributed by atoms with E-state index in [4.69, 9.17) is 10.7 Å². The van der Waals surface area contributed by atoms with E-state index in [1.54, 1.807) is 41.2 Å². The molecule has 11 nitrogen and oxygen atoms in total. The first-order valence-electron chi connectivity index (χ1n) is 14.2. The summed E-state index contributed by atoms with van der Waals surface area (Å²) in [5, 5.41) is 12.3. The Morgan fingerprint density at radius 2 is 1.88 bits per heavy atom. The minimum atomic E-state index is -0.454. The Morgan fingerprint density at radius 1 is 1.12 bits per heavy atom. The molecular weight excluding hydrogens is 532 g/mol. The number of nitrogens with one attached hydrogen (secondary N) is 4. The van der Waals surface area contributed by atoms with E-state index < -0.39 is 11.3 Å². The van der Waals surface area contributed by atoms with E-state index in [1.165, 1.54) is 0 Å². The van der Waals surface area contributed by atoms with Crippen LogP contribution in [-0.2, 0) is 13.1 Å². The highest BCUT2D eigenvalue weighted by atomic mass is 16.2. The Morgan fingerprint density at radius 3 is 2.57 bits per heavy atom. The van der Waals surface area contributed by atoms with E-state index in [0.717, 1.165) is 37.1 Å². The molecule has 4 aromatic rings. The van der Waals surface area contributed by atoms with E-state index in [2.05, 4.69) is 26.3 Å². The van der Waals surface area contributed by atoms with Crippen molar-refractivity contribution in [2.45, 2.75) is 45.8 Å². The zero-order valence-corrected chi connectivity index (χ0v) is 23.8. The third kappa shape index (κ3) is 6.26. The Kier molecular flexibility index (Phi) is 8.77. The lowest BCUT2D eigenvalue weighted by atomic mass is 9.91. The number of aryl methyl sites for hydroxylation is 1. The minimum absolute atomic E-state index is 0.0445. The van der Waals surface area contributed by atoms with Crippen LogP contribution >= 0.6 is 0 Å². The first-order valence-corrected chi connectivity index (χ1v) is 14.2. The molecule has 1 fully saturated rings. The van der Waals surface area contributed by atoms with Crippen molar-refractivity contribution in [3.8, 4) is 11.3 Å². The highest BCUT2D eigenvalue weighted by Crippen LogP contribution is 2.24. The van der Waals surface area contributed by atoms with Crippen LogP contribution in [0.5, 0.6) is 0 Å². The van der Waals surface area contributed by atoms with Crippen LogP contribution in [0.3, 0.4) is 0 Å². The summed E-state index contributed by atoms with van der Waals surface area (Å²) in [4.78, 5) is 47.9. The monoisotopic (exact) mass is 568 g/mol. The number of nitrogens with two attached hydrogens (primary N) is 1. The van der Waals surface area contributed by atoms with Crippen LogP contribution in [-0.4, -0.2) is 45.6 Å². The first-order chi connectivity index (χ1) is 20.4. The van der Waals surface area contributed by atoms with Gasteiger partial charge in [0, 0.05) is 42.8 Å². The van der Waals surface area contributed by atoms with Gasteiger partial charge in [-0.2, -0.15) is 0 Å². The van der Waals surface area contributed by atoms with Gasteiger partial charge >= 0.3 is 6.03 Å². The van der Waals surface area contributed by atoms with E-state index in [-0.39, 0.29) is 23.5 Å². The van der Waals surface area contributed by atoms with Gasteiger partial charge in [0.25, 0.3) is 5.91 Å². The smallest absolute Gasteiger partial charge is 0.319 e. The molecule has 4 heterocycles. The Labute approximate surface area is 243 Å². The van der Waals surface area contributed by atoms with Gasteiger partial charge in [0.05, 0.1) is 11.1 Å². The van der Waals surface area contributed by atoms with E-state index in [1.807, 2.05) is 38.1 Å². The third-order valence-electron chi connectivity index (χ3n) is 7.76. The summed E-state index contributed by atoms with van der Waals surface area (Å²) in [5.41, 5.74) is 9.32. The minimum Gasteiger partial charge on any atom is -0.384 e. The average Bonchev–Trinajstić information content (AvgIpc) is 3.01. The van der Waals surface area contributed by atoms with Crippen molar-refractivity contribution in [1.82, 2.24) is 30.5 Å². The molecule has 0 saturated carbocycles. The molecule has 0 bridgehead atoms. The van der Waals surface area contributed by atoms with Gasteiger partial charge in [-0.05, 0) is 81.6 Å². The highest BCUT2D eigenvalue weighted by Gasteiger charge is 2.26. The topological polar surface area (TPSA) is 156 Å². The second-order valence-electron chi connectivity index (χ2n) is 10.5. The van der Waals surface area contributed by atoms with Crippen LogP contribution in [0.4, 0.5) is 16.3 Å². The fourth-order valence-corrected chi connectivity index (χ4v) is 5.36. The lowest BCUT2D eigenvalue weighted by Crippen LogP contribution is -2.44. The number of pyridine rings is 3. The molecule has 1 aliphatic heterocycles. The number of nitrogen functional groups attached to an aromatic ring is 1. The van der Waals surface area contributed by atoms with Gasteiger partial charge in [-0.3, -0.25) is 14.6 Å². The molecule has 3 amide bonds. The second-order valence-corrected chi connectivity index (χ2v) is 10.5. The molecule has 5 rings (SSSR count). The lowest BCUT2D eigenvalue weighted by molar-refractivity contribution is 0.0920. The second kappa shape index (κ2) is 12.8. The predicted molar refractivity (Wildman–Crippen MR) is 164 cm³/mol. The molecule has 11 heteroatoms. The number of nitrogens with zero attached hydrogens (tertiary/aromatic N) is 3. The van der Waals surface area contributed by atoms with Gasteiger partial charge in [0.1, 0.15) is 17.0 Å². The number of amides is 3.